The maximum absolute atomic E-state index is 10.7. The van der Waals surface area contributed by atoms with Gasteiger partial charge in [0, 0.05) is 0 Å². The first-order valence-corrected chi connectivity index (χ1v) is 5.06. The lowest BCUT2D eigenvalue weighted by molar-refractivity contribution is -0.0101. The van der Waals surface area contributed by atoms with Gasteiger partial charge in [-0.05, 0) is 31.4 Å². The number of carbonyl (C=O) groups is 1. The highest BCUT2D eigenvalue weighted by Gasteiger charge is 2.18. The van der Waals surface area contributed by atoms with Crippen molar-refractivity contribution >= 4 is 5.97 Å². The molecule has 0 amide bonds. The standard InChI is InChI=1S/C11H13NO3/c13-11(14)10-6-1-3-8(12-10)7-15-9-4-2-5-9/h1,3,6,9H,2,4-5,7H2,(H,13,14). The SMILES string of the molecule is O=C(O)c1cccc(COC2CCC2)n1. The molecule has 0 saturated heterocycles. The normalized spacial score (nSPS) is 16.0. The summed E-state index contributed by atoms with van der Waals surface area (Å²) in [6.45, 7) is 0.409. The Balaban J connectivity index is 1.94. The van der Waals surface area contributed by atoms with E-state index < -0.39 is 5.97 Å². The van der Waals surface area contributed by atoms with Crippen molar-refractivity contribution in [3.05, 3.63) is 29.6 Å². The molecule has 15 heavy (non-hydrogen) atoms. The second-order valence-corrected chi connectivity index (χ2v) is 3.68. The summed E-state index contributed by atoms with van der Waals surface area (Å²) in [4.78, 5) is 14.6. The van der Waals surface area contributed by atoms with Crippen LogP contribution in [0.25, 0.3) is 0 Å². The zero-order valence-corrected chi connectivity index (χ0v) is 8.35. The molecule has 2 rings (SSSR count). The Morgan fingerprint density at radius 2 is 2.33 bits per heavy atom. The van der Waals surface area contributed by atoms with Crippen LogP contribution in [0.5, 0.6) is 0 Å². The number of rotatable bonds is 4. The summed E-state index contributed by atoms with van der Waals surface area (Å²) in [5.41, 5.74) is 0.756. The van der Waals surface area contributed by atoms with Crippen molar-refractivity contribution in [3.8, 4) is 0 Å². The van der Waals surface area contributed by atoms with E-state index in [1.807, 2.05) is 0 Å². The molecule has 1 fully saturated rings. The molecule has 1 aromatic heterocycles. The molecular formula is C11H13NO3. The lowest BCUT2D eigenvalue weighted by Crippen LogP contribution is -2.21. The van der Waals surface area contributed by atoms with Crippen molar-refractivity contribution in [2.45, 2.75) is 32.0 Å². The van der Waals surface area contributed by atoms with E-state index in [9.17, 15) is 4.79 Å². The Labute approximate surface area is 87.9 Å². The van der Waals surface area contributed by atoms with Crippen LogP contribution in [0.2, 0.25) is 0 Å². The van der Waals surface area contributed by atoms with Gasteiger partial charge in [-0.15, -0.1) is 0 Å². The van der Waals surface area contributed by atoms with E-state index >= 15 is 0 Å². The van der Waals surface area contributed by atoms with Gasteiger partial charge < -0.3 is 9.84 Å². The monoisotopic (exact) mass is 207 g/mol. The summed E-state index contributed by atoms with van der Waals surface area (Å²) in [5.74, 6) is -1.000. The molecule has 0 radical (unpaired) electrons. The summed E-state index contributed by atoms with van der Waals surface area (Å²) in [6, 6.07) is 4.95. The van der Waals surface area contributed by atoms with Crippen LogP contribution in [-0.2, 0) is 11.3 Å². The van der Waals surface area contributed by atoms with E-state index in [4.69, 9.17) is 9.84 Å². The van der Waals surface area contributed by atoms with Crippen LogP contribution in [0, 0.1) is 0 Å². The molecule has 1 saturated carbocycles. The van der Waals surface area contributed by atoms with Crippen LogP contribution in [0.3, 0.4) is 0 Å². The van der Waals surface area contributed by atoms with E-state index in [0.717, 1.165) is 12.8 Å². The maximum Gasteiger partial charge on any atom is 0.354 e. The Bertz CT molecular complexity index is 361. The van der Waals surface area contributed by atoms with E-state index in [-0.39, 0.29) is 5.69 Å². The summed E-state index contributed by atoms with van der Waals surface area (Å²) in [7, 11) is 0. The highest BCUT2D eigenvalue weighted by molar-refractivity contribution is 5.85. The number of hydrogen-bond donors (Lipinski definition) is 1. The van der Waals surface area contributed by atoms with Crippen molar-refractivity contribution in [3.63, 3.8) is 0 Å². The Hall–Kier alpha value is -1.42. The van der Waals surface area contributed by atoms with Crippen LogP contribution in [0.4, 0.5) is 0 Å². The molecule has 1 N–H and O–H groups in total. The maximum atomic E-state index is 10.7. The van der Waals surface area contributed by atoms with Crippen molar-refractivity contribution < 1.29 is 14.6 Å². The van der Waals surface area contributed by atoms with Gasteiger partial charge in [0.1, 0.15) is 5.69 Å². The fourth-order valence-corrected chi connectivity index (χ4v) is 1.42. The third kappa shape index (κ3) is 2.53. The largest absolute Gasteiger partial charge is 0.477 e. The van der Waals surface area contributed by atoms with Crippen molar-refractivity contribution in [2.75, 3.05) is 0 Å². The predicted octanol–water partition coefficient (Wildman–Crippen LogP) is 1.85. The van der Waals surface area contributed by atoms with Crippen LogP contribution < -0.4 is 0 Å². The van der Waals surface area contributed by atoms with Crippen LogP contribution in [-0.4, -0.2) is 22.2 Å². The van der Waals surface area contributed by atoms with Crippen LogP contribution in [0.1, 0.15) is 35.4 Å². The zero-order chi connectivity index (χ0) is 10.7. The smallest absolute Gasteiger partial charge is 0.354 e. The molecule has 0 spiro atoms. The van der Waals surface area contributed by atoms with Gasteiger partial charge in [-0.2, -0.15) is 0 Å². The van der Waals surface area contributed by atoms with Crippen molar-refractivity contribution in [1.82, 2.24) is 4.98 Å². The van der Waals surface area contributed by atoms with Crippen LogP contribution >= 0.6 is 0 Å². The van der Waals surface area contributed by atoms with E-state index in [1.165, 1.54) is 12.5 Å². The number of pyridine rings is 1. The minimum atomic E-state index is -1.000. The molecule has 4 heteroatoms. The van der Waals surface area contributed by atoms with Gasteiger partial charge in [0.15, 0.2) is 0 Å². The second kappa shape index (κ2) is 4.40. The minimum absolute atomic E-state index is 0.0738. The summed E-state index contributed by atoms with van der Waals surface area (Å²) >= 11 is 0. The van der Waals surface area contributed by atoms with Gasteiger partial charge in [0.2, 0.25) is 0 Å². The Kier molecular flexibility index (Phi) is 2.97. The molecule has 0 aliphatic heterocycles. The third-order valence-electron chi connectivity index (χ3n) is 2.55. The molecule has 80 valence electrons. The summed E-state index contributed by atoms with van der Waals surface area (Å²) in [5, 5.41) is 8.74. The molecule has 0 bridgehead atoms. The average Bonchev–Trinajstić information content (AvgIpc) is 2.16. The lowest BCUT2D eigenvalue weighted by atomic mass is 9.96. The minimum Gasteiger partial charge on any atom is -0.477 e. The number of carboxylic acid groups (broad SMARTS) is 1. The first-order chi connectivity index (χ1) is 7.25. The number of aromatic nitrogens is 1. The van der Waals surface area contributed by atoms with Gasteiger partial charge in [-0.1, -0.05) is 6.07 Å². The third-order valence-corrected chi connectivity index (χ3v) is 2.55. The van der Waals surface area contributed by atoms with Crippen LogP contribution in [0.15, 0.2) is 18.2 Å². The highest BCUT2D eigenvalue weighted by atomic mass is 16.5. The summed E-state index contributed by atoms with van der Waals surface area (Å²) < 4.78 is 5.54. The fourth-order valence-electron chi connectivity index (χ4n) is 1.42. The Morgan fingerprint density at radius 3 is 2.93 bits per heavy atom. The number of ether oxygens (including phenoxy) is 1. The summed E-state index contributed by atoms with van der Waals surface area (Å²) in [6.07, 6.45) is 3.80. The number of hydrogen-bond acceptors (Lipinski definition) is 3. The average molecular weight is 207 g/mol. The fraction of sp³-hybridized carbons (Fsp3) is 0.455. The predicted molar refractivity (Wildman–Crippen MR) is 53.6 cm³/mol. The quantitative estimate of drug-likeness (QED) is 0.818. The van der Waals surface area contributed by atoms with Gasteiger partial charge in [0.25, 0.3) is 0 Å². The second-order valence-electron chi connectivity index (χ2n) is 3.68. The molecule has 0 aromatic carbocycles. The molecule has 0 atom stereocenters. The van der Waals surface area contributed by atoms with Gasteiger partial charge in [0.05, 0.1) is 18.4 Å². The van der Waals surface area contributed by atoms with E-state index in [1.54, 1.807) is 12.1 Å². The highest BCUT2D eigenvalue weighted by Crippen LogP contribution is 2.22. The molecule has 1 aromatic rings. The molecule has 4 nitrogen and oxygen atoms in total. The molecular weight excluding hydrogens is 194 g/mol. The first-order valence-electron chi connectivity index (χ1n) is 5.06. The van der Waals surface area contributed by atoms with Crippen molar-refractivity contribution in [2.24, 2.45) is 0 Å². The van der Waals surface area contributed by atoms with Crippen molar-refractivity contribution in [1.29, 1.82) is 0 Å². The molecule has 1 heterocycles. The number of carboxylic acids is 1. The van der Waals surface area contributed by atoms with E-state index in [0.29, 0.717) is 18.4 Å². The Morgan fingerprint density at radius 1 is 1.53 bits per heavy atom. The topological polar surface area (TPSA) is 59.4 Å². The van der Waals surface area contributed by atoms with Gasteiger partial charge in [-0.3, -0.25) is 0 Å². The number of nitrogens with zero attached hydrogens (tertiary/aromatic N) is 1. The lowest BCUT2D eigenvalue weighted by Gasteiger charge is -2.25. The van der Waals surface area contributed by atoms with Gasteiger partial charge >= 0.3 is 5.97 Å². The molecule has 1 aliphatic carbocycles. The molecule has 1 aliphatic rings. The van der Waals surface area contributed by atoms with E-state index in [2.05, 4.69) is 4.98 Å². The first kappa shape index (κ1) is 10.1. The molecule has 0 unspecified atom stereocenters. The van der Waals surface area contributed by atoms with Gasteiger partial charge in [-0.25, -0.2) is 9.78 Å². The number of aromatic carboxylic acids is 1. The zero-order valence-electron chi connectivity index (χ0n) is 8.35.